The number of hydrogen-bond donors (Lipinski definition) is 2. The van der Waals surface area contributed by atoms with Crippen LogP contribution in [0.5, 0.6) is 5.75 Å². The number of nitrogens with one attached hydrogen (secondary N) is 2. The predicted molar refractivity (Wildman–Crippen MR) is 87.2 cm³/mol. The average Bonchev–Trinajstić information content (AvgIpc) is 2.58. The maximum Gasteiger partial charge on any atom is 0.228 e. The second-order valence-electron chi connectivity index (χ2n) is 5.72. The Morgan fingerprint density at radius 3 is 2.80 bits per heavy atom. The van der Waals surface area contributed by atoms with E-state index in [1.54, 1.807) is 6.07 Å². The molecule has 0 saturated carbocycles. The van der Waals surface area contributed by atoms with Gasteiger partial charge in [0.25, 0.3) is 0 Å². The van der Waals surface area contributed by atoms with E-state index in [0.29, 0.717) is 16.8 Å². The third-order valence-corrected chi connectivity index (χ3v) is 4.05. The lowest BCUT2D eigenvalue weighted by Gasteiger charge is -2.25. The summed E-state index contributed by atoms with van der Waals surface area (Å²) in [6.45, 7) is 0.106. The Bertz CT molecular complexity index is 839. The molecule has 1 unspecified atom stereocenters. The number of ether oxygens (including phenoxy) is 1. The molecule has 2 aromatic rings. The van der Waals surface area contributed by atoms with Gasteiger partial charge in [0.15, 0.2) is 11.6 Å². The lowest BCUT2D eigenvalue weighted by Crippen LogP contribution is -2.34. The van der Waals surface area contributed by atoms with Crippen LogP contribution in [0.3, 0.4) is 0 Å². The van der Waals surface area contributed by atoms with Crippen molar-refractivity contribution in [3.05, 3.63) is 59.2 Å². The quantitative estimate of drug-likeness (QED) is 0.894. The van der Waals surface area contributed by atoms with Gasteiger partial charge in [-0.3, -0.25) is 9.59 Å². The fraction of sp³-hybridized carbons (Fsp3) is 0.222. The molecule has 0 spiro atoms. The van der Waals surface area contributed by atoms with Crippen molar-refractivity contribution in [2.45, 2.75) is 18.9 Å². The summed E-state index contributed by atoms with van der Waals surface area (Å²) in [5, 5.41) is 5.25. The Balaban J connectivity index is 1.73. The summed E-state index contributed by atoms with van der Waals surface area (Å²) in [5.74, 6) is -2.34. The zero-order valence-electron chi connectivity index (χ0n) is 13.4. The number of halogens is 2. The van der Waals surface area contributed by atoms with Crippen LogP contribution in [0.25, 0.3) is 0 Å². The smallest absolute Gasteiger partial charge is 0.228 e. The van der Waals surface area contributed by atoms with Gasteiger partial charge in [-0.2, -0.15) is 0 Å². The van der Waals surface area contributed by atoms with Crippen molar-refractivity contribution >= 4 is 17.5 Å². The maximum absolute atomic E-state index is 13.7. The van der Waals surface area contributed by atoms with E-state index >= 15 is 0 Å². The van der Waals surface area contributed by atoms with E-state index in [1.807, 2.05) is 0 Å². The number of amides is 2. The van der Waals surface area contributed by atoms with E-state index in [4.69, 9.17) is 4.74 Å². The van der Waals surface area contributed by atoms with Crippen LogP contribution in [0.1, 0.15) is 23.5 Å². The first-order valence-electron chi connectivity index (χ1n) is 7.67. The highest BCUT2D eigenvalue weighted by Gasteiger charge is 2.30. The molecule has 2 amide bonds. The second kappa shape index (κ2) is 6.88. The van der Waals surface area contributed by atoms with Gasteiger partial charge < -0.3 is 15.4 Å². The van der Waals surface area contributed by atoms with Gasteiger partial charge >= 0.3 is 0 Å². The molecule has 1 aliphatic heterocycles. The first-order valence-corrected chi connectivity index (χ1v) is 7.67. The molecule has 0 fully saturated rings. The summed E-state index contributed by atoms with van der Waals surface area (Å²) in [7, 11) is 1.37. The highest BCUT2D eigenvalue weighted by Crippen LogP contribution is 2.32. The van der Waals surface area contributed by atoms with E-state index in [-0.39, 0.29) is 30.5 Å². The lowest BCUT2D eigenvalue weighted by molar-refractivity contribution is -0.126. The molecule has 1 heterocycles. The molecule has 2 aromatic carbocycles. The topological polar surface area (TPSA) is 67.4 Å². The molecular weight excluding hydrogens is 330 g/mol. The molecule has 7 heteroatoms. The van der Waals surface area contributed by atoms with Crippen LogP contribution < -0.4 is 15.4 Å². The molecule has 0 radical (unpaired) electrons. The van der Waals surface area contributed by atoms with Gasteiger partial charge in [0.05, 0.1) is 13.0 Å². The van der Waals surface area contributed by atoms with E-state index in [9.17, 15) is 18.4 Å². The van der Waals surface area contributed by atoms with Crippen molar-refractivity contribution in [1.29, 1.82) is 0 Å². The largest absolute Gasteiger partial charge is 0.494 e. The molecule has 0 aliphatic carbocycles. The normalized spacial score (nSPS) is 16.0. The second-order valence-corrected chi connectivity index (χ2v) is 5.72. The Morgan fingerprint density at radius 1 is 1.28 bits per heavy atom. The third kappa shape index (κ3) is 3.60. The van der Waals surface area contributed by atoms with Crippen LogP contribution in [-0.4, -0.2) is 18.9 Å². The van der Waals surface area contributed by atoms with Crippen molar-refractivity contribution in [2.75, 3.05) is 12.4 Å². The lowest BCUT2D eigenvalue weighted by atomic mass is 9.89. The monoisotopic (exact) mass is 346 g/mol. The van der Waals surface area contributed by atoms with Crippen molar-refractivity contribution in [3.8, 4) is 5.75 Å². The Labute approximate surface area is 143 Å². The molecular formula is C18H16F2N2O3. The van der Waals surface area contributed by atoms with Gasteiger partial charge in [-0.05, 0) is 35.4 Å². The van der Waals surface area contributed by atoms with Crippen LogP contribution in [0.2, 0.25) is 0 Å². The zero-order chi connectivity index (χ0) is 18.0. The van der Waals surface area contributed by atoms with E-state index in [2.05, 4.69) is 10.6 Å². The number of carbonyl (C=O) groups is 2. The van der Waals surface area contributed by atoms with E-state index in [1.165, 1.54) is 37.4 Å². The van der Waals surface area contributed by atoms with Crippen molar-refractivity contribution in [3.63, 3.8) is 0 Å². The average molecular weight is 346 g/mol. The minimum absolute atomic E-state index is 0.0263. The van der Waals surface area contributed by atoms with Gasteiger partial charge in [0.2, 0.25) is 11.8 Å². The maximum atomic E-state index is 13.7. The highest BCUT2D eigenvalue weighted by atomic mass is 19.1. The Kier molecular flexibility index (Phi) is 4.65. The number of rotatable bonds is 4. The molecule has 130 valence electrons. The first kappa shape index (κ1) is 16.9. The van der Waals surface area contributed by atoms with Crippen LogP contribution in [0.4, 0.5) is 14.5 Å². The summed E-state index contributed by atoms with van der Waals surface area (Å²) in [6.07, 6.45) is -0.0263. The number of fused-ring (bicyclic) bond motifs is 1. The van der Waals surface area contributed by atoms with Gasteiger partial charge in [-0.1, -0.05) is 12.1 Å². The molecule has 1 aliphatic rings. The SMILES string of the molecule is COc1ccc(CNC(=O)C2CC(=O)Nc3cc(F)ccc32)cc1F. The molecule has 2 N–H and O–H groups in total. The van der Waals surface area contributed by atoms with Crippen molar-refractivity contribution < 1.29 is 23.1 Å². The fourth-order valence-corrected chi connectivity index (χ4v) is 2.80. The molecule has 3 rings (SSSR count). The van der Waals surface area contributed by atoms with E-state index in [0.717, 1.165) is 0 Å². The molecule has 1 atom stereocenters. The zero-order valence-corrected chi connectivity index (χ0v) is 13.4. The molecule has 0 aromatic heterocycles. The Hall–Kier alpha value is -2.96. The van der Waals surface area contributed by atoms with E-state index < -0.39 is 17.6 Å². The fourth-order valence-electron chi connectivity index (χ4n) is 2.80. The summed E-state index contributed by atoms with van der Waals surface area (Å²) < 4.78 is 31.9. The number of hydrogen-bond acceptors (Lipinski definition) is 3. The highest BCUT2D eigenvalue weighted by molar-refractivity contribution is 6.01. The van der Waals surface area contributed by atoms with Gasteiger partial charge in [-0.15, -0.1) is 0 Å². The summed E-state index contributed by atoms with van der Waals surface area (Å²) in [4.78, 5) is 24.2. The number of anilines is 1. The predicted octanol–water partition coefficient (Wildman–Crippen LogP) is 2.72. The summed E-state index contributed by atoms with van der Waals surface area (Å²) in [6, 6.07) is 8.31. The molecule has 0 bridgehead atoms. The van der Waals surface area contributed by atoms with Gasteiger partial charge in [0, 0.05) is 18.7 Å². The van der Waals surface area contributed by atoms with Crippen LogP contribution in [-0.2, 0) is 16.1 Å². The molecule has 0 saturated heterocycles. The van der Waals surface area contributed by atoms with Crippen molar-refractivity contribution in [2.24, 2.45) is 0 Å². The Morgan fingerprint density at radius 2 is 2.08 bits per heavy atom. The summed E-state index contributed by atoms with van der Waals surface area (Å²) in [5.41, 5.74) is 1.41. The number of methoxy groups -OCH3 is 1. The minimum atomic E-state index is -0.715. The van der Waals surface area contributed by atoms with Crippen molar-refractivity contribution in [1.82, 2.24) is 5.32 Å². The standard InChI is InChI=1S/C18H16F2N2O3/c1-25-16-5-2-10(6-14(16)20)9-21-18(24)13-8-17(23)22-15-7-11(19)3-4-12(13)15/h2-7,13H,8-9H2,1H3,(H,21,24)(H,22,23). The van der Waals surface area contributed by atoms with Crippen LogP contribution in [0, 0.1) is 11.6 Å². The van der Waals surface area contributed by atoms with Crippen LogP contribution >= 0.6 is 0 Å². The number of carbonyl (C=O) groups excluding carboxylic acids is 2. The van der Waals surface area contributed by atoms with Crippen LogP contribution in [0.15, 0.2) is 36.4 Å². The van der Waals surface area contributed by atoms with Gasteiger partial charge in [-0.25, -0.2) is 8.78 Å². The molecule has 25 heavy (non-hydrogen) atoms. The molecule has 5 nitrogen and oxygen atoms in total. The first-order chi connectivity index (χ1) is 12.0. The van der Waals surface area contributed by atoms with Gasteiger partial charge in [0.1, 0.15) is 5.82 Å². The third-order valence-electron chi connectivity index (χ3n) is 4.05. The number of benzene rings is 2. The summed E-state index contributed by atoms with van der Waals surface area (Å²) >= 11 is 0. The minimum Gasteiger partial charge on any atom is -0.494 e.